The molecule has 2 amide bonds. The number of hydrazine groups is 1. The quantitative estimate of drug-likeness (QED) is 0.439. The summed E-state index contributed by atoms with van der Waals surface area (Å²) in [5.74, 6) is -0.345. The third-order valence-corrected chi connectivity index (χ3v) is 4.39. The molecule has 2 N–H and O–H groups in total. The molecule has 0 aliphatic rings. The van der Waals surface area contributed by atoms with E-state index in [2.05, 4.69) is 16.0 Å². The maximum atomic E-state index is 12.1. The minimum Gasteiger partial charge on any atom is -0.492 e. The van der Waals surface area contributed by atoms with Gasteiger partial charge in [0, 0.05) is 17.6 Å². The summed E-state index contributed by atoms with van der Waals surface area (Å²) in [6.07, 6.45) is 2.29. The number of halogens is 2. The summed E-state index contributed by atoms with van der Waals surface area (Å²) in [5.41, 5.74) is 5.73. The van der Waals surface area contributed by atoms with Gasteiger partial charge in [-0.25, -0.2) is 4.68 Å². The first-order valence-corrected chi connectivity index (χ1v) is 9.56. The second-order valence-corrected chi connectivity index (χ2v) is 6.85. The van der Waals surface area contributed by atoms with Gasteiger partial charge in [0.25, 0.3) is 5.91 Å². The number of benzene rings is 2. The van der Waals surface area contributed by atoms with Crippen LogP contribution < -0.4 is 15.6 Å². The maximum absolute atomic E-state index is 12.1. The predicted molar refractivity (Wildman–Crippen MR) is 110 cm³/mol. The Balaban J connectivity index is 1.39. The van der Waals surface area contributed by atoms with Crippen LogP contribution in [0.4, 0.5) is 0 Å². The van der Waals surface area contributed by atoms with Gasteiger partial charge in [-0.3, -0.25) is 20.4 Å². The van der Waals surface area contributed by atoms with Crippen molar-refractivity contribution in [2.45, 2.75) is 12.8 Å². The average Bonchev–Trinajstić information content (AvgIpc) is 3.22. The van der Waals surface area contributed by atoms with Crippen LogP contribution in [0.25, 0.3) is 5.69 Å². The molecule has 3 aromatic rings. The fraction of sp³-hybridized carbons (Fsp3) is 0.150. The van der Waals surface area contributed by atoms with Gasteiger partial charge in [-0.2, -0.15) is 5.10 Å². The summed E-state index contributed by atoms with van der Waals surface area (Å²) < 4.78 is 7.09. The lowest BCUT2D eigenvalue weighted by Gasteiger charge is -2.09. The molecule has 0 saturated carbocycles. The van der Waals surface area contributed by atoms with E-state index in [0.717, 1.165) is 5.69 Å². The lowest BCUT2D eigenvalue weighted by Crippen LogP contribution is -2.41. The Morgan fingerprint density at radius 3 is 2.59 bits per heavy atom. The van der Waals surface area contributed by atoms with Crippen LogP contribution in [0.1, 0.15) is 23.3 Å². The molecule has 0 atom stereocenters. The van der Waals surface area contributed by atoms with E-state index in [1.54, 1.807) is 35.1 Å². The largest absolute Gasteiger partial charge is 0.492 e. The van der Waals surface area contributed by atoms with Crippen molar-refractivity contribution < 1.29 is 14.3 Å². The highest BCUT2D eigenvalue weighted by atomic mass is 35.5. The molecule has 0 radical (unpaired) electrons. The van der Waals surface area contributed by atoms with Crippen molar-refractivity contribution in [3.05, 3.63) is 76.5 Å². The molecule has 0 aliphatic carbocycles. The standard InChI is InChI=1S/C20H18Cl2N4O3/c21-14-8-9-18(16(22)13-14)29-12-4-7-19(27)23-24-20(28)17-10-11-26(25-17)15-5-2-1-3-6-15/h1-3,5-6,8-11,13H,4,7,12H2,(H,23,27)(H,24,28). The molecule has 0 saturated heterocycles. The second kappa shape index (κ2) is 9.95. The van der Waals surface area contributed by atoms with Crippen molar-refractivity contribution in [3.8, 4) is 11.4 Å². The van der Waals surface area contributed by atoms with Gasteiger partial charge in [0.2, 0.25) is 5.91 Å². The van der Waals surface area contributed by atoms with Crippen molar-refractivity contribution in [2.24, 2.45) is 0 Å². The van der Waals surface area contributed by atoms with Gasteiger partial charge in [-0.15, -0.1) is 0 Å². The van der Waals surface area contributed by atoms with Crippen LogP contribution in [0, 0.1) is 0 Å². The van der Waals surface area contributed by atoms with Gasteiger partial charge in [0.15, 0.2) is 5.69 Å². The summed E-state index contributed by atoms with van der Waals surface area (Å²) in [7, 11) is 0. The number of hydrogen-bond acceptors (Lipinski definition) is 4. The predicted octanol–water partition coefficient (Wildman–Crippen LogP) is 3.80. The van der Waals surface area contributed by atoms with Gasteiger partial charge in [-0.05, 0) is 42.8 Å². The highest BCUT2D eigenvalue weighted by molar-refractivity contribution is 6.35. The topological polar surface area (TPSA) is 85.3 Å². The number of nitrogens with one attached hydrogen (secondary N) is 2. The Hall–Kier alpha value is -3.03. The van der Waals surface area contributed by atoms with Crippen molar-refractivity contribution >= 4 is 35.0 Å². The number of rotatable bonds is 7. The second-order valence-electron chi connectivity index (χ2n) is 6.01. The molecule has 2 aromatic carbocycles. The zero-order valence-electron chi connectivity index (χ0n) is 15.3. The number of para-hydroxylation sites is 1. The number of amides is 2. The van der Waals surface area contributed by atoms with E-state index in [9.17, 15) is 9.59 Å². The van der Waals surface area contributed by atoms with Crippen LogP contribution in [0.3, 0.4) is 0 Å². The Morgan fingerprint density at radius 2 is 1.83 bits per heavy atom. The van der Waals surface area contributed by atoms with E-state index in [-0.39, 0.29) is 18.0 Å². The van der Waals surface area contributed by atoms with Gasteiger partial charge < -0.3 is 4.74 Å². The lowest BCUT2D eigenvalue weighted by molar-refractivity contribution is -0.122. The molecule has 1 aromatic heterocycles. The molecular weight excluding hydrogens is 415 g/mol. The summed E-state index contributed by atoms with van der Waals surface area (Å²) >= 11 is 11.8. The molecule has 0 unspecified atom stereocenters. The van der Waals surface area contributed by atoms with E-state index >= 15 is 0 Å². The molecule has 7 nitrogen and oxygen atoms in total. The number of carbonyl (C=O) groups excluding carboxylic acids is 2. The van der Waals surface area contributed by atoms with Gasteiger partial charge >= 0.3 is 0 Å². The van der Waals surface area contributed by atoms with E-state index in [1.807, 2.05) is 30.3 Å². The molecule has 0 bridgehead atoms. The Kier molecular flexibility index (Phi) is 7.10. The van der Waals surface area contributed by atoms with Crippen molar-refractivity contribution in [1.82, 2.24) is 20.6 Å². The number of ether oxygens (including phenoxy) is 1. The smallest absolute Gasteiger partial charge is 0.290 e. The molecule has 0 spiro atoms. The van der Waals surface area contributed by atoms with Crippen molar-refractivity contribution in [1.29, 1.82) is 0 Å². The van der Waals surface area contributed by atoms with Crippen LogP contribution in [-0.2, 0) is 4.79 Å². The summed E-state index contributed by atoms with van der Waals surface area (Å²) in [6.45, 7) is 0.296. The minimum atomic E-state index is -0.503. The zero-order chi connectivity index (χ0) is 20.6. The third-order valence-electron chi connectivity index (χ3n) is 3.86. The molecular formula is C20H18Cl2N4O3. The first-order valence-electron chi connectivity index (χ1n) is 8.81. The van der Waals surface area contributed by atoms with Gasteiger partial charge in [0.05, 0.1) is 17.3 Å². The molecule has 0 aliphatic heterocycles. The normalized spacial score (nSPS) is 10.4. The summed E-state index contributed by atoms with van der Waals surface area (Å²) in [6, 6.07) is 15.9. The van der Waals surface area contributed by atoms with E-state index in [0.29, 0.717) is 28.8 Å². The van der Waals surface area contributed by atoms with Crippen LogP contribution in [0.2, 0.25) is 10.0 Å². The average molecular weight is 433 g/mol. The SMILES string of the molecule is O=C(CCCOc1ccc(Cl)cc1Cl)NNC(=O)c1ccn(-c2ccccc2)n1. The molecule has 150 valence electrons. The van der Waals surface area contributed by atoms with Crippen LogP contribution in [0.15, 0.2) is 60.8 Å². The Bertz CT molecular complexity index is 992. The van der Waals surface area contributed by atoms with E-state index in [1.165, 1.54) is 0 Å². The number of hydrogen-bond donors (Lipinski definition) is 2. The lowest BCUT2D eigenvalue weighted by atomic mass is 10.3. The summed E-state index contributed by atoms with van der Waals surface area (Å²) in [5, 5.41) is 5.12. The maximum Gasteiger partial charge on any atom is 0.290 e. The minimum absolute atomic E-state index is 0.171. The van der Waals surface area contributed by atoms with Crippen LogP contribution >= 0.6 is 23.2 Å². The Labute approximate surface area is 177 Å². The highest BCUT2D eigenvalue weighted by Gasteiger charge is 2.11. The van der Waals surface area contributed by atoms with Gasteiger partial charge in [-0.1, -0.05) is 41.4 Å². The van der Waals surface area contributed by atoms with Crippen molar-refractivity contribution in [2.75, 3.05) is 6.61 Å². The monoisotopic (exact) mass is 432 g/mol. The van der Waals surface area contributed by atoms with Gasteiger partial charge in [0.1, 0.15) is 5.75 Å². The first kappa shape index (κ1) is 20.7. The third kappa shape index (κ3) is 5.97. The molecule has 1 heterocycles. The zero-order valence-corrected chi connectivity index (χ0v) is 16.8. The van der Waals surface area contributed by atoms with Crippen LogP contribution in [-0.4, -0.2) is 28.2 Å². The fourth-order valence-corrected chi connectivity index (χ4v) is 2.89. The Morgan fingerprint density at radius 1 is 1.03 bits per heavy atom. The molecule has 0 fully saturated rings. The fourth-order valence-electron chi connectivity index (χ4n) is 2.43. The molecule has 3 rings (SSSR count). The number of nitrogens with zero attached hydrogens (tertiary/aromatic N) is 2. The van der Waals surface area contributed by atoms with Crippen LogP contribution in [0.5, 0.6) is 5.75 Å². The number of aromatic nitrogens is 2. The highest BCUT2D eigenvalue weighted by Crippen LogP contribution is 2.27. The molecule has 29 heavy (non-hydrogen) atoms. The first-order chi connectivity index (χ1) is 14.0. The van der Waals surface area contributed by atoms with E-state index in [4.69, 9.17) is 27.9 Å². The van der Waals surface area contributed by atoms with Crippen molar-refractivity contribution in [3.63, 3.8) is 0 Å². The molecule has 9 heteroatoms. The summed E-state index contributed by atoms with van der Waals surface area (Å²) in [4.78, 5) is 24.0. The number of carbonyl (C=O) groups is 2. The van der Waals surface area contributed by atoms with E-state index < -0.39 is 5.91 Å².